The van der Waals surface area contributed by atoms with Gasteiger partial charge in [0.1, 0.15) is 5.52 Å². The second-order valence-electron chi connectivity index (χ2n) is 5.11. The molecule has 1 aromatic carbocycles. The van der Waals surface area contributed by atoms with E-state index in [2.05, 4.69) is 31.8 Å². The van der Waals surface area contributed by atoms with Crippen LogP contribution in [0.1, 0.15) is 32.2 Å². The molecular weight excluding hydrogens is 200 g/mol. The van der Waals surface area contributed by atoms with E-state index in [4.69, 9.17) is 10.2 Å². The van der Waals surface area contributed by atoms with E-state index in [1.807, 2.05) is 12.1 Å². The van der Waals surface area contributed by atoms with Gasteiger partial charge >= 0.3 is 0 Å². The van der Waals surface area contributed by atoms with Crippen LogP contribution >= 0.6 is 0 Å². The van der Waals surface area contributed by atoms with Gasteiger partial charge < -0.3 is 10.2 Å². The van der Waals surface area contributed by atoms with Gasteiger partial charge in [-0.3, -0.25) is 0 Å². The molecule has 0 aliphatic heterocycles. The van der Waals surface area contributed by atoms with Crippen LogP contribution in [0.2, 0.25) is 0 Å². The first kappa shape index (κ1) is 11.1. The number of nitrogens with zero attached hydrogens (tertiary/aromatic N) is 1. The Balaban J connectivity index is 2.46. The summed E-state index contributed by atoms with van der Waals surface area (Å²) in [7, 11) is 0. The summed E-state index contributed by atoms with van der Waals surface area (Å²) in [5.74, 6) is 0.785. The summed E-state index contributed by atoms with van der Waals surface area (Å²) < 4.78 is 5.72. The number of hydrogen-bond acceptors (Lipinski definition) is 3. The Hall–Kier alpha value is -1.35. The Kier molecular flexibility index (Phi) is 2.72. The lowest BCUT2D eigenvalue weighted by molar-refractivity contribution is 0.411. The number of nitrogens with two attached hydrogens (primary N) is 1. The molecule has 2 aromatic rings. The van der Waals surface area contributed by atoms with Gasteiger partial charge in [0.2, 0.25) is 5.89 Å². The van der Waals surface area contributed by atoms with Crippen LogP contribution in [0, 0.1) is 0 Å². The molecule has 2 N–H and O–H groups in total. The molecule has 86 valence electrons. The topological polar surface area (TPSA) is 52.0 Å². The van der Waals surface area contributed by atoms with Crippen molar-refractivity contribution in [1.29, 1.82) is 0 Å². The molecule has 1 heterocycles. The minimum atomic E-state index is -0.0486. The summed E-state index contributed by atoms with van der Waals surface area (Å²) in [4.78, 5) is 4.52. The first-order chi connectivity index (χ1) is 7.50. The number of hydrogen-bond donors (Lipinski definition) is 1. The maximum absolute atomic E-state index is 5.72. The van der Waals surface area contributed by atoms with E-state index in [0.29, 0.717) is 6.54 Å². The Morgan fingerprint density at radius 3 is 2.69 bits per heavy atom. The summed E-state index contributed by atoms with van der Waals surface area (Å²) in [5, 5.41) is 0. The van der Waals surface area contributed by atoms with Gasteiger partial charge in [0.15, 0.2) is 5.58 Å². The monoisotopic (exact) mass is 218 g/mol. The molecule has 2 rings (SSSR count). The van der Waals surface area contributed by atoms with Crippen LogP contribution in [0.15, 0.2) is 22.6 Å². The Morgan fingerprint density at radius 2 is 2.06 bits per heavy atom. The van der Waals surface area contributed by atoms with Crippen LogP contribution in [0.25, 0.3) is 11.1 Å². The molecule has 0 radical (unpaired) electrons. The number of rotatable bonds is 2. The molecule has 16 heavy (non-hydrogen) atoms. The summed E-state index contributed by atoms with van der Waals surface area (Å²) in [6, 6.07) is 6.08. The molecule has 0 bridgehead atoms. The molecular formula is C13H18N2O. The van der Waals surface area contributed by atoms with Crippen LogP contribution in [0.3, 0.4) is 0 Å². The largest absolute Gasteiger partial charge is 0.440 e. The fourth-order valence-electron chi connectivity index (χ4n) is 1.62. The minimum absolute atomic E-state index is 0.0486. The zero-order valence-corrected chi connectivity index (χ0v) is 10.1. The molecule has 0 unspecified atom stereocenters. The van der Waals surface area contributed by atoms with Crippen molar-refractivity contribution in [3.8, 4) is 0 Å². The van der Waals surface area contributed by atoms with Crippen LogP contribution in [0.5, 0.6) is 0 Å². The number of aromatic nitrogens is 1. The van der Waals surface area contributed by atoms with Gasteiger partial charge in [-0.1, -0.05) is 26.8 Å². The highest BCUT2D eigenvalue weighted by molar-refractivity contribution is 5.73. The first-order valence-electron chi connectivity index (χ1n) is 5.61. The fraction of sp³-hybridized carbons (Fsp3) is 0.462. The van der Waals surface area contributed by atoms with Gasteiger partial charge in [-0.2, -0.15) is 0 Å². The van der Waals surface area contributed by atoms with Crippen molar-refractivity contribution < 1.29 is 4.42 Å². The minimum Gasteiger partial charge on any atom is -0.440 e. The summed E-state index contributed by atoms with van der Waals surface area (Å²) in [6.07, 6.45) is 0.883. The van der Waals surface area contributed by atoms with Crippen molar-refractivity contribution in [3.63, 3.8) is 0 Å². The molecule has 0 fully saturated rings. The van der Waals surface area contributed by atoms with Gasteiger partial charge in [0.25, 0.3) is 0 Å². The summed E-state index contributed by atoms with van der Waals surface area (Å²) in [6.45, 7) is 6.95. The molecule has 0 spiro atoms. The summed E-state index contributed by atoms with van der Waals surface area (Å²) in [5.41, 5.74) is 8.48. The van der Waals surface area contributed by atoms with E-state index < -0.39 is 0 Å². The fourth-order valence-corrected chi connectivity index (χ4v) is 1.62. The Morgan fingerprint density at radius 1 is 1.31 bits per heavy atom. The highest BCUT2D eigenvalue weighted by atomic mass is 16.3. The van der Waals surface area contributed by atoms with E-state index >= 15 is 0 Å². The van der Waals surface area contributed by atoms with Crippen molar-refractivity contribution >= 4 is 11.1 Å². The predicted molar refractivity (Wildman–Crippen MR) is 65.5 cm³/mol. The van der Waals surface area contributed by atoms with Gasteiger partial charge in [-0.05, 0) is 30.7 Å². The Labute approximate surface area is 95.7 Å². The number of fused-ring (bicyclic) bond motifs is 1. The van der Waals surface area contributed by atoms with E-state index in [1.54, 1.807) is 0 Å². The van der Waals surface area contributed by atoms with Crippen molar-refractivity contribution in [2.45, 2.75) is 32.6 Å². The molecule has 0 saturated heterocycles. The molecule has 0 aliphatic carbocycles. The second kappa shape index (κ2) is 3.91. The molecule has 3 heteroatoms. The van der Waals surface area contributed by atoms with E-state index in [0.717, 1.165) is 23.4 Å². The third kappa shape index (κ3) is 2.09. The van der Waals surface area contributed by atoms with Gasteiger partial charge in [-0.15, -0.1) is 0 Å². The smallest absolute Gasteiger partial charge is 0.200 e. The SMILES string of the molecule is CC(C)(C)c1nc2cc(CCN)ccc2o1. The van der Waals surface area contributed by atoms with Crippen LogP contribution in [-0.4, -0.2) is 11.5 Å². The first-order valence-corrected chi connectivity index (χ1v) is 5.61. The number of oxazole rings is 1. The molecule has 0 atom stereocenters. The van der Waals surface area contributed by atoms with Crippen LogP contribution in [0.4, 0.5) is 0 Å². The maximum Gasteiger partial charge on any atom is 0.200 e. The average Bonchev–Trinajstić information content (AvgIpc) is 2.60. The van der Waals surface area contributed by atoms with E-state index in [1.165, 1.54) is 5.56 Å². The van der Waals surface area contributed by atoms with Gasteiger partial charge in [0, 0.05) is 5.41 Å². The van der Waals surface area contributed by atoms with Gasteiger partial charge in [-0.25, -0.2) is 4.98 Å². The van der Waals surface area contributed by atoms with Gasteiger partial charge in [0.05, 0.1) is 0 Å². The lowest BCUT2D eigenvalue weighted by Gasteiger charge is -2.11. The molecule has 0 saturated carbocycles. The van der Waals surface area contributed by atoms with Crippen molar-refractivity contribution in [3.05, 3.63) is 29.7 Å². The lowest BCUT2D eigenvalue weighted by Crippen LogP contribution is -2.10. The normalized spacial score (nSPS) is 12.2. The van der Waals surface area contributed by atoms with E-state index in [9.17, 15) is 0 Å². The third-order valence-electron chi connectivity index (χ3n) is 2.53. The lowest BCUT2D eigenvalue weighted by atomic mass is 9.97. The molecule has 0 aliphatic rings. The number of benzene rings is 1. The quantitative estimate of drug-likeness (QED) is 0.843. The van der Waals surface area contributed by atoms with Crippen molar-refractivity contribution in [2.24, 2.45) is 5.73 Å². The highest BCUT2D eigenvalue weighted by Gasteiger charge is 2.20. The molecule has 3 nitrogen and oxygen atoms in total. The zero-order valence-electron chi connectivity index (χ0n) is 10.1. The summed E-state index contributed by atoms with van der Waals surface area (Å²) >= 11 is 0. The van der Waals surface area contributed by atoms with Crippen LogP contribution in [-0.2, 0) is 11.8 Å². The van der Waals surface area contributed by atoms with E-state index in [-0.39, 0.29) is 5.41 Å². The molecule has 1 aromatic heterocycles. The predicted octanol–water partition coefficient (Wildman–Crippen LogP) is 2.63. The van der Waals surface area contributed by atoms with Crippen molar-refractivity contribution in [1.82, 2.24) is 4.98 Å². The Bertz CT molecular complexity index is 494. The zero-order chi connectivity index (χ0) is 11.8. The maximum atomic E-state index is 5.72. The second-order valence-corrected chi connectivity index (χ2v) is 5.11. The standard InChI is InChI=1S/C13H18N2O/c1-13(2,3)12-15-10-8-9(6-7-14)4-5-11(10)16-12/h4-5,8H,6-7,14H2,1-3H3. The molecule has 0 amide bonds. The average molecular weight is 218 g/mol. The third-order valence-corrected chi connectivity index (χ3v) is 2.53. The highest BCUT2D eigenvalue weighted by Crippen LogP contribution is 2.26. The van der Waals surface area contributed by atoms with Crippen LogP contribution < -0.4 is 5.73 Å². The van der Waals surface area contributed by atoms with Crippen molar-refractivity contribution in [2.75, 3.05) is 6.54 Å².